The van der Waals surface area contributed by atoms with Crippen LogP contribution in [0.3, 0.4) is 0 Å². The first-order chi connectivity index (χ1) is 12.8. The lowest BCUT2D eigenvalue weighted by Gasteiger charge is -2.21. The van der Waals surface area contributed by atoms with E-state index < -0.39 is 5.82 Å². The highest BCUT2D eigenvalue weighted by Crippen LogP contribution is 2.25. The largest absolute Gasteiger partial charge is 0.369 e. The number of guanidine groups is 1. The van der Waals surface area contributed by atoms with Crippen LogP contribution in [0.1, 0.15) is 20.3 Å². The average Bonchev–Trinajstić information content (AvgIpc) is 3.07. The number of anilines is 1. The zero-order chi connectivity index (χ0) is 20.0. The predicted octanol–water partition coefficient (Wildman–Crippen LogP) is 2.96. The molecule has 9 heteroatoms. The topological polar surface area (TPSA) is 60.0 Å². The molecule has 28 heavy (non-hydrogen) atoms. The van der Waals surface area contributed by atoms with Gasteiger partial charge in [0.05, 0.1) is 5.02 Å². The van der Waals surface area contributed by atoms with Crippen LogP contribution in [0, 0.1) is 11.7 Å². The van der Waals surface area contributed by atoms with E-state index in [2.05, 4.69) is 34.4 Å². The summed E-state index contributed by atoms with van der Waals surface area (Å²) in [6, 6.07) is 4.97. The van der Waals surface area contributed by atoms with Crippen molar-refractivity contribution in [2.24, 2.45) is 10.9 Å². The summed E-state index contributed by atoms with van der Waals surface area (Å²) in [6.07, 6.45) is 0.916. The number of nitrogens with zero attached hydrogens (tertiary/aromatic N) is 3. The van der Waals surface area contributed by atoms with Gasteiger partial charge in [-0.05, 0) is 30.5 Å². The van der Waals surface area contributed by atoms with Gasteiger partial charge in [-0.3, -0.25) is 4.79 Å². The number of benzene rings is 1. The molecule has 1 fully saturated rings. The first kappa shape index (κ1) is 24.7. The van der Waals surface area contributed by atoms with E-state index in [-0.39, 0.29) is 47.5 Å². The van der Waals surface area contributed by atoms with Crippen LogP contribution in [0.25, 0.3) is 0 Å². The number of aliphatic imine (C=N–C) groups is 1. The van der Waals surface area contributed by atoms with Crippen molar-refractivity contribution in [1.82, 2.24) is 15.5 Å². The molecule has 2 N–H and O–H groups in total. The molecule has 1 saturated heterocycles. The lowest BCUT2D eigenvalue weighted by Crippen LogP contribution is -2.46. The van der Waals surface area contributed by atoms with Gasteiger partial charge in [0.2, 0.25) is 5.91 Å². The predicted molar refractivity (Wildman–Crippen MR) is 124 cm³/mol. The molecule has 1 heterocycles. The summed E-state index contributed by atoms with van der Waals surface area (Å²) in [5.74, 6) is 0.646. The lowest BCUT2D eigenvalue weighted by atomic mass is 10.2. The minimum absolute atomic E-state index is 0. The molecule has 1 amide bonds. The van der Waals surface area contributed by atoms with Crippen molar-refractivity contribution >= 4 is 53.1 Å². The molecule has 1 aliphatic heterocycles. The molecule has 0 bridgehead atoms. The Hall–Kier alpha value is -1.29. The number of amides is 1. The lowest BCUT2D eigenvalue weighted by molar-refractivity contribution is -0.127. The van der Waals surface area contributed by atoms with Crippen molar-refractivity contribution in [3.05, 3.63) is 29.0 Å². The van der Waals surface area contributed by atoms with Gasteiger partial charge >= 0.3 is 0 Å². The fourth-order valence-electron chi connectivity index (χ4n) is 2.73. The monoisotopic (exact) mass is 525 g/mol. The minimum Gasteiger partial charge on any atom is -0.369 e. The Morgan fingerprint density at radius 1 is 1.43 bits per heavy atom. The van der Waals surface area contributed by atoms with Crippen molar-refractivity contribution < 1.29 is 9.18 Å². The van der Waals surface area contributed by atoms with Crippen molar-refractivity contribution in [2.75, 3.05) is 45.2 Å². The normalized spacial score (nSPS) is 16.8. The Morgan fingerprint density at radius 2 is 2.14 bits per heavy atom. The van der Waals surface area contributed by atoms with Crippen molar-refractivity contribution in [1.29, 1.82) is 0 Å². The number of hydrogen-bond acceptors (Lipinski definition) is 3. The van der Waals surface area contributed by atoms with E-state index in [0.717, 1.165) is 31.7 Å². The van der Waals surface area contributed by atoms with Crippen molar-refractivity contribution in [3.63, 3.8) is 0 Å². The third kappa shape index (κ3) is 7.62. The molecule has 0 radical (unpaired) electrons. The Labute approximate surface area is 188 Å². The maximum absolute atomic E-state index is 13.4. The van der Waals surface area contributed by atoms with Gasteiger partial charge in [-0.2, -0.15) is 0 Å². The molecule has 158 valence electrons. The third-order valence-electron chi connectivity index (χ3n) is 4.35. The number of carbonyl (C=O) groups is 1. The molecule has 1 aromatic carbocycles. The summed E-state index contributed by atoms with van der Waals surface area (Å²) in [5.41, 5.74) is 0.905. The van der Waals surface area contributed by atoms with Crippen LogP contribution >= 0.6 is 35.6 Å². The molecule has 1 aliphatic rings. The van der Waals surface area contributed by atoms with Gasteiger partial charge in [-0.25, -0.2) is 9.38 Å². The zero-order valence-electron chi connectivity index (χ0n) is 16.8. The molecular formula is C19H30ClFIN5O. The van der Waals surface area contributed by atoms with Gasteiger partial charge in [0.15, 0.2) is 5.96 Å². The van der Waals surface area contributed by atoms with Crippen molar-refractivity contribution in [2.45, 2.75) is 26.3 Å². The molecule has 0 spiro atoms. The summed E-state index contributed by atoms with van der Waals surface area (Å²) in [4.78, 5) is 19.9. The van der Waals surface area contributed by atoms with Crippen LogP contribution in [-0.4, -0.2) is 63.1 Å². The zero-order valence-corrected chi connectivity index (χ0v) is 19.9. The minimum atomic E-state index is -0.410. The first-order valence-corrected chi connectivity index (χ1v) is 9.59. The van der Waals surface area contributed by atoms with Crippen LogP contribution in [0.2, 0.25) is 5.02 Å². The number of rotatable bonds is 6. The smallest absolute Gasteiger partial charge is 0.243 e. The molecular weight excluding hydrogens is 496 g/mol. The molecule has 2 rings (SSSR count). The van der Waals surface area contributed by atoms with Crippen LogP contribution < -0.4 is 15.5 Å². The molecule has 0 aliphatic carbocycles. The molecule has 0 aromatic heterocycles. The van der Waals surface area contributed by atoms with Gasteiger partial charge in [-0.1, -0.05) is 25.4 Å². The maximum atomic E-state index is 13.4. The average molecular weight is 526 g/mol. The molecule has 0 saturated carbocycles. The van der Waals surface area contributed by atoms with Crippen LogP contribution in [0.15, 0.2) is 23.2 Å². The number of nitrogens with one attached hydrogen (secondary N) is 2. The summed E-state index contributed by atoms with van der Waals surface area (Å²) < 4.78 is 13.4. The Kier molecular flexibility index (Phi) is 10.3. The maximum Gasteiger partial charge on any atom is 0.243 e. The second-order valence-electron chi connectivity index (χ2n) is 7.40. The Morgan fingerprint density at radius 3 is 2.75 bits per heavy atom. The van der Waals surface area contributed by atoms with E-state index in [1.54, 1.807) is 26.2 Å². The quantitative estimate of drug-likeness (QED) is 0.341. The molecule has 1 aromatic rings. The SMILES string of the molecule is CC(C)CNC(=NCC(=O)N(C)C)NC1CCN(c2ccc(F)c(Cl)c2)C1.I. The van der Waals surface area contributed by atoms with Gasteiger partial charge in [0.1, 0.15) is 12.4 Å². The number of carbonyl (C=O) groups excluding carboxylic acids is 1. The number of halogens is 3. The summed E-state index contributed by atoms with van der Waals surface area (Å²) in [5, 5.41) is 6.83. The van der Waals surface area contributed by atoms with Gasteiger partial charge in [-0.15, -0.1) is 24.0 Å². The van der Waals surface area contributed by atoms with Crippen LogP contribution in [-0.2, 0) is 4.79 Å². The van der Waals surface area contributed by atoms with E-state index in [0.29, 0.717) is 11.9 Å². The first-order valence-electron chi connectivity index (χ1n) is 9.21. The van der Waals surface area contributed by atoms with Crippen molar-refractivity contribution in [3.8, 4) is 0 Å². The molecule has 1 unspecified atom stereocenters. The third-order valence-corrected chi connectivity index (χ3v) is 4.64. The Bertz CT molecular complexity index is 686. The van der Waals surface area contributed by atoms with Gasteiger partial charge in [0.25, 0.3) is 0 Å². The highest BCUT2D eigenvalue weighted by atomic mass is 127. The van der Waals surface area contributed by atoms with E-state index in [1.807, 2.05) is 0 Å². The number of likely N-dealkylation sites (N-methyl/N-ethyl adjacent to an activating group) is 1. The van der Waals surface area contributed by atoms with E-state index >= 15 is 0 Å². The van der Waals surface area contributed by atoms with E-state index in [4.69, 9.17) is 11.6 Å². The van der Waals surface area contributed by atoms with E-state index in [1.165, 1.54) is 11.0 Å². The van der Waals surface area contributed by atoms with Gasteiger partial charge < -0.3 is 20.4 Å². The summed E-state index contributed by atoms with van der Waals surface area (Å²) in [7, 11) is 3.43. The second-order valence-corrected chi connectivity index (χ2v) is 7.81. The highest BCUT2D eigenvalue weighted by molar-refractivity contribution is 14.0. The van der Waals surface area contributed by atoms with Crippen LogP contribution in [0.5, 0.6) is 0 Å². The summed E-state index contributed by atoms with van der Waals surface area (Å²) >= 11 is 5.90. The Balaban J connectivity index is 0.00000392. The number of hydrogen-bond donors (Lipinski definition) is 2. The van der Waals surface area contributed by atoms with E-state index in [9.17, 15) is 9.18 Å². The fraction of sp³-hybridized carbons (Fsp3) is 0.579. The standard InChI is InChI=1S/C19H29ClFN5O.HI/c1-13(2)10-22-19(23-11-18(27)25(3)4)24-14-7-8-26(12-14)15-5-6-17(21)16(20)9-15;/h5-6,9,13-14H,7-8,10-12H2,1-4H3,(H2,22,23,24);1H. The second kappa shape index (κ2) is 11.6. The highest BCUT2D eigenvalue weighted by Gasteiger charge is 2.24. The van der Waals surface area contributed by atoms with Gasteiger partial charge in [0, 0.05) is 45.5 Å². The van der Waals surface area contributed by atoms with Crippen LogP contribution in [0.4, 0.5) is 10.1 Å². The molecule has 1 atom stereocenters. The molecule has 6 nitrogen and oxygen atoms in total. The summed E-state index contributed by atoms with van der Waals surface area (Å²) in [6.45, 7) is 6.70. The fourth-order valence-corrected chi connectivity index (χ4v) is 2.90.